The highest BCUT2D eigenvalue weighted by atomic mass is 19.2. The van der Waals surface area contributed by atoms with Gasteiger partial charge in [0.1, 0.15) is 18.6 Å². The molecule has 1 fully saturated rings. The molecule has 0 atom stereocenters. The number of hydrogen-bond donors (Lipinski definition) is 1. The number of nitrogens with one attached hydrogen (secondary N) is 1. The summed E-state index contributed by atoms with van der Waals surface area (Å²) in [6.45, 7) is 1.85. The highest BCUT2D eigenvalue weighted by Crippen LogP contribution is 2.33. The van der Waals surface area contributed by atoms with Gasteiger partial charge in [0.05, 0.1) is 11.7 Å². The predicted octanol–water partition coefficient (Wildman–Crippen LogP) is 2.53. The maximum atomic E-state index is 13.8. The molecule has 1 aliphatic heterocycles. The van der Waals surface area contributed by atoms with Crippen molar-refractivity contribution in [3.8, 4) is 0 Å². The molecule has 1 radical (unpaired) electrons. The molecule has 3 rings (SSSR count). The molecule has 3 nitrogen and oxygen atoms in total. The summed E-state index contributed by atoms with van der Waals surface area (Å²) in [5, 5.41) is -0.265. The van der Waals surface area contributed by atoms with Crippen molar-refractivity contribution in [1.82, 2.24) is 9.88 Å². The van der Waals surface area contributed by atoms with Crippen molar-refractivity contribution in [3.05, 3.63) is 29.5 Å². The fourth-order valence-corrected chi connectivity index (χ4v) is 2.27. The molecule has 1 saturated heterocycles. The number of hydrogen-bond acceptors (Lipinski definition) is 2. The van der Waals surface area contributed by atoms with Crippen LogP contribution in [0.2, 0.25) is 0 Å². The molecule has 1 aromatic carbocycles. The third-order valence-electron chi connectivity index (χ3n) is 3.23. The zero-order valence-electron chi connectivity index (χ0n) is 9.77. The van der Waals surface area contributed by atoms with Crippen LogP contribution in [-0.4, -0.2) is 31.3 Å². The van der Waals surface area contributed by atoms with Gasteiger partial charge in [-0.1, -0.05) is 0 Å². The molecule has 1 N–H and O–H groups in total. The molecule has 1 aliphatic rings. The molecular weight excluding hydrogens is 264 g/mol. The summed E-state index contributed by atoms with van der Waals surface area (Å²) in [5.74, 6) is -6.38. The third-order valence-corrected chi connectivity index (χ3v) is 3.23. The Hall–Kier alpha value is -1.60. The number of morpholine rings is 1. The van der Waals surface area contributed by atoms with Crippen LogP contribution in [0.3, 0.4) is 0 Å². The molecule has 2 heterocycles. The lowest BCUT2D eigenvalue weighted by Gasteiger charge is -2.16. The Morgan fingerprint density at radius 1 is 0.947 bits per heavy atom. The number of nitrogens with zero attached hydrogens (tertiary/aromatic N) is 1. The molecule has 0 saturated carbocycles. The van der Waals surface area contributed by atoms with E-state index in [2.05, 4.69) is 4.98 Å². The van der Waals surface area contributed by atoms with E-state index in [0.29, 0.717) is 32.0 Å². The van der Waals surface area contributed by atoms with E-state index in [4.69, 9.17) is 4.74 Å². The highest BCUT2D eigenvalue weighted by Gasteiger charge is 2.31. The van der Waals surface area contributed by atoms with Crippen molar-refractivity contribution in [1.29, 1.82) is 0 Å². The van der Waals surface area contributed by atoms with E-state index in [1.54, 1.807) is 4.90 Å². The minimum Gasteiger partial charge on any atom is -0.369 e. The number of aromatic nitrogens is 1. The normalized spacial score (nSPS) is 17.3. The summed E-state index contributed by atoms with van der Waals surface area (Å²) in [4.78, 5) is 4.20. The van der Waals surface area contributed by atoms with Gasteiger partial charge >= 0.3 is 0 Å². The Kier molecular flexibility index (Phi) is 2.94. The van der Waals surface area contributed by atoms with Gasteiger partial charge in [-0.05, 0) is 0 Å². The van der Waals surface area contributed by atoms with Gasteiger partial charge in [-0.2, -0.15) is 0 Å². The molecule has 0 unspecified atom stereocenters. The lowest BCUT2D eigenvalue weighted by molar-refractivity contribution is 0.0906. The van der Waals surface area contributed by atoms with Crippen molar-refractivity contribution in [2.45, 2.75) is 0 Å². The fraction of sp³-hybridized carbons (Fsp3) is 0.333. The van der Waals surface area contributed by atoms with Crippen LogP contribution in [0.5, 0.6) is 0 Å². The van der Waals surface area contributed by atoms with Crippen molar-refractivity contribution in [2.75, 3.05) is 26.3 Å². The molecule has 0 aliphatic carbocycles. The Labute approximate surface area is 105 Å². The van der Waals surface area contributed by atoms with E-state index >= 15 is 0 Å². The number of halogens is 4. The summed E-state index contributed by atoms with van der Waals surface area (Å²) in [7, 11) is 0. The van der Waals surface area contributed by atoms with Crippen LogP contribution >= 0.6 is 0 Å². The van der Waals surface area contributed by atoms with Gasteiger partial charge in [0, 0.05) is 0 Å². The minimum absolute atomic E-state index is 0.265. The van der Waals surface area contributed by atoms with Gasteiger partial charge in [0.15, 0.2) is 36.4 Å². The van der Waals surface area contributed by atoms with Crippen molar-refractivity contribution in [2.24, 2.45) is 0 Å². The predicted molar refractivity (Wildman–Crippen MR) is 60.5 cm³/mol. The van der Waals surface area contributed by atoms with E-state index in [0.717, 1.165) is 0 Å². The Bertz CT molecular complexity index is 634. The van der Waals surface area contributed by atoms with Crippen LogP contribution in [0.1, 0.15) is 0 Å². The first-order valence-electron chi connectivity index (χ1n) is 5.77. The van der Waals surface area contributed by atoms with Crippen molar-refractivity contribution >= 4 is 16.6 Å². The van der Waals surface area contributed by atoms with Crippen LogP contribution in [0.4, 0.5) is 23.2 Å². The van der Waals surface area contributed by atoms with E-state index in [1.807, 2.05) is 0 Å². The standard InChI is InChI=1S/C12H10F4N2O/c13-8-7-6(18-1-3-19-4-2-18)5-17-12(7)11(16)10(15)9(8)14/h5,17H,1-4H2/q+1. The number of ether oxygens (including phenoxy) is 1. The second kappa shape index (κ2) is 4.50. The quantitative estimate of drug-likeness (QED) is 0.368. The maximum Gasteiger partial charge on any atom is 0.209 e. The molecule has 0 spiro atoms. The topological polar surface area (TPSA) is 30.9 Å². The first kappa shape index (κ1) is 12.4. The second-order valence-corrected chi connectivity index (χ2v) is 4.28. The Morgan fingerprint density at radius 2 is 1.58 bits per heavy atom. The van der Waals surface area contributed by atoms with Gasteiger partial charge in [0.25, 0.3) is 0 Å². The van der Waals surface area contributed by atoms with Crippen LogP contribution in [0.25, 0.3) is 10.9 Å². The lowest BCUT2D eigenvalue weighted by Crippen LogP contribution is -2.37. The van der Waals surface area contributed by atoms with Crippen molar-refractivity contribution < 1.29 is 22.3 Å². The average Bonchev–Trinajstić information content (AvgIpc) is 2.88. The summed E-state index contributed by atoms with van der Waals surface area (Å²) in [6.07, 6.45) is 1.35. The molecule has 2 aromatic rings. The van der Waals surface area contributed by atoms with Crippen molar-refractivity contribution in [3.63, 3.8) is 0 Å². The average molecular weight is 274 g/mol. The number of aromatic amines is 1. The van der Waals surface area contributed by atoms with Crippen LogP contribution in [0, 0.1) is 23.3 Å². The number of benzene rings is 1. The molecule has 1 aromatic heterocycles. The molecule has 101 valence electrons. The van der Waals surface area contributed by atoms with E-state index < -0.39 is 23.3 Å². The van der Waals surface area contributed by atoms with Gasteiger partial charge in [-0.3, -0.25) is 0 Å². The minimum atomic E-state index is -1.81. The number of H-pyrrole nitrogens is 1. The first-order chi connectivity index (χ1) is 9.11. The lowest BCUT2D eigenvalue weighted by atomic mass is 10.2. The van der Waals surface area contributed by atoms with Gasteiger partial charge < -0.3 is 9.72 Å². The Balaban J connectivity index is 2.22. The SMILES string of the molecule is Fc1c(F)c(F)c2c([N+]3CCOCC3)c[nH]c2c1F. The number of anilines is 1. The third kappa shape index (κ3) is 1.81. The molecule has 0 amide bonds. The van der Waals surface area contributed by atoms with Gasteiger partial charge in [-0.15, -0.1) is 4.90 Å². The fourth-order valence-electron chi connectivity index (χ4n) is 2.27. The van der Waals surface area contributed by atoms with E-state index in [9.17, 15) is 17.6 Å². The second-order valence-electron chi connectivity index (χ2n) is 4.28. The summed E-state index contributed by atoms with van der Waals surface area (Å²) in [6, 6.07) is 0. The van der Waals surface area contributed by atoms with E-state index in [1.165, 1.54) is 6.20 Å². The van der Waals surface area contributed by atoms with Gasteiger partial charge in [0.2, 0.25) is 5.69 Å². The van der Waals surface area contributed by atoms with Crippen LogP contribution < -0.4 is 4.90 Å². The summed E-state index contributed by atoms with van der Waals surface area (Å²) >= 11 is 0. The smallest absolute Gasteiger partial charge is 0.209 e. The maximum absolute atomic E-state index is 13.8. The first-order valence-corrected chi connectivity index (χ1v) is 5.77. The molecule has 0 bridgehead atoms. The molecule has 19 heavy (non-hydrogen) atoms. The Morgan fingerprint density at radius 3 is 2.26 bits per heavy atom. The number of fused-ring (bicyclic) bond motifs is 1. The van der Waals surface area contributed by atoms with Crippen LogP contribution in [0.15, 0.2) is 6.20 Å². The molecular formula is C12H10F4N2O+. The summed E-state index contributed by atoms with van der Waals surface area (Å²) in [5.41, 5.74) is -0.0495. The zero-order valence-corrected chi connectivity index (χ0v) is 9.77. The highest BCUT2D eigenvalue weighted by molar-refractivity contribution is 5.92. The summed E-state index contributed by atoms with van der Waals surface area (Å²) < 4.78 is 59.0. The molecule has 7 heteroatoms. The largest absolute Gasteiger partial charge is 0.369 e. The van der Waals surface area contributed by atoms with E-state index in [-0.39, 0.29) is 10.9 Å². The monoisotopic (exact) mass is 274 g/mol. The number of rotatable bonds is 1. The van der Waals surface area contributed by atoms with Crippen LogP contribution in [-0.2, 0) is 4.74 Å². The zero-order chi connectivity index (χ0) is 13.6. The van der Waals surface area contributed by atoms with Gasteiger partial charge in [-0.25, -0.2) is 17.6 Å².